The Morgan fingerprint density at radius 2 is 1.55 bits per heavy atom. The maximum absolute atomic E-state index is 4.58. The fraction of sp³-hybridized carbons (Fsp3) is 0.162. The van der Waals surface area contributed by atoms with Crippen molar-refractivity contribution < 1.29 is 0 Å². The van der Waals surface area contributed by atoms with E-state index in [1.165, 1.54) is 61.0 Å². The Morgan fingerprint density at radius 3 is 2.38 bits per heavy atom. The molecule has 0 bridgehead atoms. The predicted molar refractivity (Wildman–Crippen MR) is 176 cm³/mol. The molecule has 0 aliphatic heterocycles. The fourth-order valence-electron chi connectivity index (χ4n) is 6.26. The molecule has 1 aliphatic rings. The molecule has 0 saturated carbocycles. The number of hydrogen-bond donors (Lipinski definition) is 0. The molecule has 3 heterocycles. The third-order valence-corrected chi connectivity index (χ3v) is 8.46. The van der Waals surface area contributed by atoms with Crippen LogP contribution in [0.3, 0.4) is 0 Å². The Balaban J connectivity index is 0.000000243. The van der Waals surface area contributed by atoms with Crippen LogP contribution in [-0.2, 0) is 19.4 Å². The fourth-order valence-corrected chi connectivity index (χ4v) is 6.26. The summed E-state index contributed by atoms with van der Waals surface area (Å²) in [6.07, 6.45) is 15.0. The van der Waals surface area contributed by atoms with Crippen LogP contribution in [0.15, 0.2) is 122 Å². The Bertz CT molecular complexity index is 1930. The van der Waals surface area contributed by atoms with Crippen LogP contribution in [0.2, 0.25) is 0 Å². The van der Waals surface area contributed by atoms with E-state index in [1.807, 2.05) is 56.1 Å². The average Bonchev–Trinajstić information content (AvgIpc) is 3.44. The van der Waals surface area contributed by atoms with E-state index in [0.717, 1.165) is 25.2 Å². The van der Waals surface area contributed by atoms with Gasteiger partial charge in [0.05, 0.1) is 6.54 Å². The lowest BCUT2D eigenvalue weighted by Crippen LogP contribution is -2.14. The summed E-state index contributed by atoms with van der Waals surface area (Å²) in [5.74, 6) is 1.57. The molecular formula is C37H33ClN4. The van der Waals surface area contributed by atoms with Crippen molar-refractivity contribution in [1.29, 1.82) is 0 Å². The molecule has 4 nitrogen and oxygen atoms in total. The van der Waals surface area contributed by atoms with Crippen LogP contribution in [0.4, 0.5) is 0 Å². The minimum atomic E-state index is 0. The molecule has 208 valence electrons. The number of fused-ring (bicyclic) bond motifs is 6. The summed E-state index contributed by atoms with van der Waals surface area (Å²) in [7, 11) is 0. The average molecular weight is 569 g/mol. The molecule has 0 spiro atoms. The standard InChI is InChI=1S/C28H25N3.C9H7N.ClH/c1-19-30-12-13-31(19)18-20-14-24(17-29-16-20)22-7-9-26-23(15-22)8-11-27-25-5-3-2-4-21(25)6-10-28(26)27;1-2-4-9-7-10-6-5-8(9)3-1;/h2-6,8,10-14,16-17,22H,7,9,15,18H2,1H3;1-7H;1H. The normalized spacial score (nSPS) is 14.2. The van der Waals surface area contributed by atoms with Gasteiger partial charge in [0, 0.05) is 37.2 Å². The third kappa shape index (κ3) is 5.50. The van der Waals surface area contributed by atoms with Gasteiger partial charge in [0.25, 0.3) is 0 Å². The molecule has 7 aromatic rings. The molecule has 1 unspecified atom stereocenters. The van der Waals surface area contributed by atoms with E-state index in [1.54, 1.807) is 0 Å². The molecule has 1 aliphatic carbocycles. The number of halogens is 1. The number of aryl methyl sites for hydroxylation is 2. The van der Waals surface area contributed by atoms with Crippen LogP contribution in [0.1, 0.15) is 40.4 Å². The SMILES string of the molecule is Cc1nccn1Cc1cncc(C2CCc3c(ccc4c3ccc3ccccc34)C2)c1.Cl.c1ccc2cnccc2c1. The molecule has 1 atom stereocenters. The second kappa shape index (κ2) is 12.1. The Morgan fingerprint density at radius 1 is 0.738 bits per heavy atom. The van der Waals surface area contributed by atoms with Gasteiger partial charge in [0.15, 0.2) is 0 Å². The molecule has 0 saturated heterocycles. The van der Waals surface area contributed by atoms with E-state index >= 15 is 0 Å². The van der Waals surface area contributed by atoms with Crippen molar-refractivity contribution in [2.45, 2.75) is 38.6 Å². The van der Waals surface area contributed by atoms with Crippen molar-refractivity contribution in [2.24, 2.45) is 0 Å². The van der Waals surface area contributed by atoms with Crippen LogP contribution >= 0.6 is 12.4 Å². The molecular weight excluding hydrogens is 536 g/mol. The summed E-state index contributed by atoms with van der Waals surface area (Å²) < 4.78 is 2.17. The first-order valence-corrected chi connectivity index (χ1v) is 14.4. The molecule has 0 radical (unpaired) electrons. The molecule has 4 aromatic carbocycles. The highest BCUT2D eigenvalue weighted by molar-refractivity contribution is 6.08. The second-order valence-corrected chi connectivity index (χ2v) is 11.0. The van der Waals surface area contributed by atoms with Crippen LogP contribution < -0.4 is 0 Å². The molecule has 0 N–H and O–H groups in total. The van der Waals surface area contributed by atoms with Crippen molar-refractivity contribution in [2.75, 3.05) is 0 Å². The molecule has 5 heteroatoms. The first-order chi connectivity index (χ1) is 20.2. The van der Waals surface area contributed by atoms with Gasteiger partial charge in [-0.05, 0) is 92.7 Å². The number of nitrogens with zero attached hydrogens (tertiary/aromatic N) is 4. The molecule has 42 heavy (non-hydrogen) atoms. The minimum absolute atomic E-state index is 0. The van der Waals surface area contributed by atoms with E-state index in [4.69, 9.17) is 0 Å². The largest absolute Gasteiger partial charge is 0.331 e. The van der Waals surface area contributed by atoms with Crippen LogP contribution in [0, 0.1) is 6.92 Å². The monoisotopic (exact) mass is 568 g/mol. The topological polar surface area (TPSA) is 43.6 Å². The Labute approximate surface area is 252 Å². The highest BCUT2D eigenvalue weighted by Gasteiger charge is 2.22. The number of benzene rings is 4. The van der Waals surface area contributed by atoms with Crippen molar-refractivity contribution in [1.82, 2.24) is 19.5 Å². The van der Waals surface area contributed by atoms with E-state index < -0.39 is 0 Å². The van der Waals surface area contributed by atoms with E-state index in [0.29, 0.717) is 5.92 Å². The summed E-state index contributed by atoms with van der Waals surface area (Å²) in [6.45, 7) is 2.87. The second-order valence-electron chi connectivity index (χ2n) is 11.0. The number of hydrogen-bond acceptors (Lipinski definition) is 3. The van der Waals surface area contributed by atoms with Crippen LogP contribution in [0.25, 0.3) is 32.3 Å². The highest BCUT2D eigenvalue weighted by atomic mass is 35.5. The Hall–Kier alpha value is -4.54. The smallest absolute Gasteiger partial charge is 0.105 e. The maximum Gasteiger partial charge on any atom is 0.105 e. The van der Waals surface area contributed by atoms with Crippen molar-refractivity contribution in [3.05, 3.63) is 150 Å². The maximum atomic E-state index is 4.58. The lowest BCUT2D eigenvalue weighted by Gasteiger charge is -2.26. The van der Waals surface area contributed by atoms with Gasteiger partial charge in [-0.1, -0.05) is 78.9 Å². The van der Waals surface area contributed by atoms with Crippen molar-refractivity contribution in [3.8, 4) is 0 Å². The van der Waals surface area contributed by atoms with Gasteiger partial charge in [-0.15, -0.1) is 12.4 Å². The number of rotatable bonds is 3. The lowest BCUT2D eigenvalue weighted by molar-refractivity contribution is 0.584. The van der Waals surface area contributed by atoms with Crippen LogP contribution in [-0.4, -0.2) is 19.5 Å². The van der Waals surface area contributed by atoms with Crippen LogP contribution in [0.5, 0.6) is 0 Å². The first kappa shape index (κ1) is 27.6. The first-order valence-electron chi connectivity index (χ1n) is 14.4. The molecule has 3 aromatic heterocycles. The molecule has 0 fully saturated rings. The number of pyridine rings is 2. The van der Waals surface area contributed by atoms with Gasteiger partial charge >= 0.3 is 0 Å². The third-order valence-electron chi connectivity index (χ3n) is 8.46. The lowest BCUT2D eigenvalue weighted by atomic mass is 9.78. The number of imidazole rings is 1. The summed E-state index contributed by atoms with van der Waals surface area (Å²) in [5.41, 5.74) is 5.64. The summed E-state index contributed by atoms with van der Waals surface area (Å²) in [6, 6.07) is 30.5. The summed E-state index contributed by atoms with van der Waals surface area (Å²) >= 11 is 0. The highest BCUT2D eigenvalue weighted by Crippen LogP contribution is 2.38. The zero-order valence-electron chi connectivity index (χ0n) is 23.6. The Kier molecular flexibility index (Phi) is 7.98. The van der Waals surface area contributed by atoms with Gasteiger partial charge in [-0.25, -0.2) is 4.98 Å². The van der Waals surface area contributed by atoms with Crippen molar-refractivity contribution in [3.63, 3.8) is 0 Å². The van der Waals surface area contributed by atoms with Gasteiger partial charge in [0.1, 0.15) is 5.82 Å². The quantitative estimate of drug-likeness (QED) is 0.200. The van der Waals surface area contributed by atoms with Gasteiger partial charge < -0.3 is 4.57 Å². The summed E-state index contributed by atoms with van der Waals surface area (Å²) in [5, 5.41) is 7.94. The number of aromatic nitrogens is 4. The van der Waals surface area contributed by atoms with Crippen molar-refractivity contribution >= 4 is 44.7 Å². The molecule has 8 rings (SSSR count). The summed E-state index contributed by atoms with van der Waals surface area (Å²) in [4.78, 5) is 12.9. The zero-order chi connectivity index (χ0) is 27.6. The van der Waals surface area contributed by atoms with E-state index in [-0.39, 0.29) is 12.4 Å². The van der Waals surface area contributed by atoms with E-state index in [2.05, 4.69) is 92.4 Å². The minimum Gasteiger partial charge on any atom is -0.331 e. The van der Waals surface area contributed by atoms with Gasteiger partial charge in [-0.3, -0.25) is 9.97 Å². The van der Waals surface area contributed by atoms with E-state index in [9.17, 15) is 0 Å². The molecule has 0 amide bonds. The van der Waals surface area contributed by atoms with Gasteiger partial charge in [-0.2, -0.15) is 0 Å². The predicted octanol–water partition coefficient (Wildman–Crippen LogP) is 8.87. The van der Waals surface area contributed by atoms with Gasteiger partial charge in [0.2, 0.25) is 0 Å². The zero-order valence-corrected chi connectivity index (χ0v) is 24.5.